The van der Waals surface area contributed by atoms with Crippen molar-refractivity contribution in [3.8, 4) is 0 Å². The topological polar surface area (TPSA) is 63.7 Å². The van der Waals surface area contributed by atoms with E-state index < -0.39 is 16.0 Å². The number of hydrogen-bond donors (Lipinski definition) is 0. The molecule has 0 aliphatic heterocycles. The first kappa shape index (κ1) is 15.7. The molecule has 0 saturated carbocycles. The average molecular weight is 285 g/mol. The zero-order valence-corrected chi connectivity index (χ0v) is 12.4. The van der Waals surface area contributed by atoms with Gasteiger partial charge in [0.2, 0.25) is 10.0 Å². The number of carbonyl (C=O) groups excluding carboxylic acids is 1. The smallest absolute Gasteiger partial charge is 0.339 e. The largest absolute Gasteiger partial charge is 0.465 e. The van der Waals surface area contributed by atoms with Crippen molar-refractivity contribution in [3.63, 3.8) is 0 Å². The van der Waals surface area contributed by atoms with Gasteiger partial charge in [-0.05, 0) is 26.0 Å². The summed E-state index contributed by atoms with van der Waals surface area (Å²) in [5.74, 6) is -0.654. The molecule has 19 heavy (non-hydrogen) atoms. The van der Waals surface area contributed by atoms with Crippen molar-refractivity contribution < 1.29 is 17.9 Å². The van der Waals surface area contributed by atoms with E-state index in [1.54, 1.807) is 32.9 Å². The molecule has 0 heterocycles. The Balaban J connectivity index is 3.41. The van der Waals surface area contributed by atoms with Gasteiger partial charge in [0, 0.05) is 12.6 Å². The maximum atomic E-state index is 12.6. The fraction of sp³-hybridized carbons (Fsp3) is 0.462. The van der Waals surface area contributed by atoms with Gasteiger partial charge in [-0.1, -0.05) is 19.1 Å². The van der Waals surface area contributed by atoms with Crippen molar-refractivity contribution in [2.75, 3.05) is 13.7 Å². The molecular formula is C13H19NO4S. The van der Waals surface area contributed by atoms with Gasteiger partial charge in [-0.3, -0.25) is 0 Å². The van der Waals surface area contributed by atoms with Crippen molar-refractivity contribution in [3.05, 3.63) is 29.8 Å². The van der Waals surface area contributed by atoms with Gasteiger partial charge >= 0.3 is 5.97 Å². The zero-order chi connectivity index (χ0) is 14.6. The molecule has 1 aromatic carbocycles. The molecule has 0 atom stereocenters. The molecule has 0 spiro atoms. The lowest BCUT2D eigenvalue weighted by Crippen LogP contribution is -2.37. The molecule has 0 N–H and O–H groups in total. The van der Waals surface area contributed by atoms with Crippen LogP contribution in [0.3, 0.4) is 0 Å². The number of benzene rings is 1. The highest BCUT2D eigenvalue weighted by atomic mass is 32.2. The van der Waals surface area contributed by atoms with Crippen LogP contribution in [0, 0.1) is 0 Å². The summed E-state index contributed by atoms with van der Waals surface area (Å²) >= 11 is 0. The van der Waals surface area contributed by atoms with Crippen LogP contribution in [0.15, 0.2) is 29.2 Å². The molecule has 0 bridgehead atoms. The summed E-state index contributed by atoms with van der Waals surface area (Å²) < 4.78 is 31.1. The zero-order valence-electron chi connectivity index (χ0n) is 11.6. The Morgan fingerprint density at radius 2 is 1.89 bits per heavy atom. The molecule has 0 aliphatic carbocycles. The van der Waals surface area contributed by atoms with E-state index in [0.717, 1.165) is 0 Å². The van der Waals surface area contributed by atoms with Crippen molar-refractivity contribution in [2.45, 2.75) is 31.7 Å². The van der Waals surface area contributed by atoms with E-state index in [0.29, 0.717) is 6.54 Å². The molecule has 0 aromatic heterocycles. The van der Waals surface area contributed by atoms with E-state index in [-0.39, 0.29) is 16.5 Å². The minimum Gasteiger partial charge on any atom is -0.465 e. The van der Waals surface area contributed by atoms with Gasteiger partial charge in [0.1, 0.15) is 0 Å². The van der Waals surface area contributed by atoms with E-state index >= 15 is 0 Å². The predicted octanol–water partition coefficient (Wildman–Crippen LogP) is 1.89. The standard InChI is InChI=1S/C13H19NO4S/c1-5-14(10(2)3)19(16,17)12-9-7-6-8-11(12)13(15)18-4/h6-10H,5H2,1-4H3. The van der Waals surface area contributed by atoms with Gasteiger partial charge in [-0.2, -0.15) is 4.31 Å². The number of esters is 1. The Kier molecular flexibility index (Phi) is 5.08. The lowest BCUT2D eigenvalue weighted by atomic mass is 10.2. The summed E-state index contributed by atoms with van der Waals surface area (Å²) in [5, 5.41) is 0. The normalized spacial score (nSPS) is 11.9. The minimum atomic E-state index is -3.70. The highest BCUT2D eigenvalue weighted by molar-refractivity contribution is 7.89. The second-order valence-electron chi connectivity index (χ2n) is 4.29. The summed E-state index contributed by atoms with van der Waals surface area (Å²) in [7, 11) is -2.48. The van der Waals surface area contributed by atoms with Crippen molar-refractivity contribution in [1.29, 1.82) is 0 Å². The van der Waals surface area contributed by atoms with E-state index in [9.17, 15) is 13.2 Å². The Hall–Kier alpha value is -1.40. The summed E-state index contributed by atoms with van der Waals surface area (Å²) in [6, 6.07) is 5.89. The number of nitrogens with zero attached hydrogens (tertiary/aromatic N) is 1. The first-order valence-electron chi connectivity index (χ1n) is 6.05. The molecule has 6 heteroatoms. The van der Waals surface area contributed by atoms with Crippen molar-refractivity contribution >= 4 is 16.0 Å². The molecule has 106 valence electrons. The molecule has 0 aliphatic rings. The van der Waals surface area contributed by atoms with E-state index in [1.807, 2.05) is 0 Å². The molecule has 0 radical (unpaired) electrons. The molecule has 0 amide bonds. The number of ether oxygens (including phenoxy) is 1. The predicted molar refractivity (Wildman–Crippen MR) is 72.5 cm³/mol. The van der Waals surface area contributed by atoms with Gasteiger partial charge in [0.05, 0.1) is 17.6 Å². The number of hydrogen-bond acceptors (Lipinski definition) is 4. The number of rotatable bonds is 5. The van der Waals surface area contributed by atoms with Gasteiger partial charge in [-0.25, -0.2) is 13.2 Å². The lowest BCUT2D eigenvalue weighted by molar-refractivity contribution is 0.0596. The van der Waals surface area contributed by atoms with Crippen LogP contribution in [0.2, 0.25) is 0 Å². The number of methoxy groups -OCH3 is 1. The first-order valence-corrected chi connectivity index (χ1v) is 7.49. The summed E-state index contributed by atoms with van der Waals surface area (Å²) in [5.41, 5.74) is 0.0594. The van der Waals surface area contributed by atoms with Crippen molar-refractivity contribution in [2.24, 2.45) is 0 Å². The Labute approximate surface area is 114 Å². The fourth-order valence-electron chi connectivity index (χ4n) is 1.91. The van der Waals surface area contributed by atoms with Crippen LogP contribution in [-0.4, -0.2) is 38.4 Å². The van der Waals surface area contributed by atoms with Gasteiger partial charge < -0.3 is 4.74 Å². The SMILES string of the molecule is CCN(C(C)C)S(=O)(=O)c1ccccc1C(=O)OC. The van der Waals surface area contributed by atoms with Gasteiger partial charge in [0.15, 0.2) is 0 Å². The minimum absolute atomic E-state index is 0.0163. The summed E-state index contributed by atoms with van der Waals surface area (Å²) in [4.78, 5) is 11.6. The van der Waals surface area contributed by atoms with Gasteiger partial charge in [-0.15, -0.1) is 0 Å². The first-order chi connectivity index (χ1) is 8.86. The second kappa shape index (κ2) is 6.16. The van der Waals surface area contributed by atoms with E-state index in [2.05, 4.69) is 4.74 Å². The molecule has 0 fully saturated rings. The maximum absolute atomic E-state index is 12.6. The number of carbonyl (C=O) groups is 1. The van der Waals surface area contributed by atoms with Crippen LogP contribution in [-0.2, 0) is 14.8 Å². The maximum Gasteiger partial charge on any atom is 0.339 e. The van der Waals surface area contributed by atoms with Crippen LogP contribution in [0.25, 0.3) is 0 Å². The second-order valence-corrected chi connectivity index (χ2v) is 6.15. The van der Waals surface area contributed by atoms with E-state index in [1.165, 1.54) is 23.5 Å². The van der Waals surface area contributed by atoms with Crippen LogP contribution in [0.1, 0.15) is 31.1 Å². The quantitative estimate of drug-likeness (QED) is 0.775. The van der Waals surface area contributed by atoms with Crippen LogP contribution >= 0.6 is 0 Å². The molecule has 1 aromatic rings. The molecule has 0 unspecified atom stereocenters. The number of sulfonamides is 1. The molecule has 0 saturated heterocycles. The van der Waals surface area contributed by atoms with Crippen LogP contribution in [0.4, 0.5) is 0 Å². The van der Waals surface area contributed by atoms with Crippen molar-refractivity contribution in [1.82, 2.24) is 4.31 Å². The highest BCUT2D eigenvalue weighted by Gasteiger charge is 2.29. The molecule has 5 nitrogen and oxygen atoms in total. The van der Waals surface area contributed by atoms with Gasteiger partial charge in [0.25, 0.3) is 0 Å². The third-order valence-electron chi connectivity index (χ3n) is 2.77. The Bertz CT molecular complexity index is 552. The van der Waals surface area contributed by atoms with Crippen LogP contribution < -0.4 is 0 Å². The average Bonchev–Trinajstić information content (AvgIpc) is 2.37. The molecular weight excluding hydrogens is 266 g/mol. The van der Waals surface area contributed by atoms with E-state index in [4.69, 9.17) is 0 Å². The third-order valence-corrected chi connectivity index (χ3v) is 4.98. The summed E-state index contributed by atoms with van der Waals surface area (Å²) in [6.07, 6.45) is 0. The molecule has 1 rings (SSSR count). The monoisotopic (exact) mass is 285 g/mol. The fourth-order valence-corrected chi connectivity index (χ4v) is 3.74. The highest BCUT2D eigenvalue weighted by Crippen LogP contribution is 2.22. The third kappa shape index (κ3) is 3.13. The Morgan fingerprint density at radius 1 is 1.32 bits per heavy atom. The van der Waals surface area contributed by atoms with Crippen LogP contribution in [0.5, 0.6) is 0 Å². The summed E-state index contributed by atoms with van der Waals surface area (Å²) in [6.45, 7) is 5.69. The Morgan fingerprint density at radius 3 is 2.37 bits per heavy atom. The lowest BCUT2D eigenvalue weighted by Gasteiger charge is -2.25.